The lowest BCUT2D eigenvalue weighted by molar-refractivity contribution is 0.0936. The highest BCUT2D eigenvalue weighted by atomic mass is 127. The van der Waals surface area contributed by atoms with E-state index in [1.165, 1.54) is 0 Å². The fraction of sp³-hybridized carbons (Fsp3) is 0.409. The maximum Gasteiger partial charge on any atom is 0.191 e. The largest absolute Gasteiger partial charge is 0.496 e. The molecule has 2 atom stereocenters. The van der Waals surface area contributed by atoms with Gasteiger partial charge in [0, 0.05) is 19.2 Å². The lowest BCUT2D eigenvalue weighted by Gasteiger charge is -2.29. The number of aliphatic imine (C=N–C) groups is 1. The second kappa shape index (κ2) is 11.8. The molecule has 1 aliphatic heterocycles. The zero-order valence-electron chi connectivity index (χ0n) is 17.9. The number of likely N-dealkylation sites (N-methyl/N-ethyl adjacent to an activating group) is 1. The third kappa shape index (κ3) is 6.15. The van der Waals surface area contributed by atoms with Crippen molar-refractivity contribution in [1.29, 1.82) is 0 Å². The third-order valence-corrected chi connectivity index (χ3v) is 4.87. The summed E-state index contributed by atoms with van der Waals surface area (Å²) in [5.41, 5.74) is 1.13. The third-order valence-electron chi connectivity index (χ3n) is 4.87. The summed E-state index contributed by atoms with van der Waals surface area (Å²) in [6.45, 7) is 1.77. The molecule has 0 aromatic heterocycles. The van der Waals surface area contributed by atoms with Gasteiger partial charge >= 0.3 is 0 Å². The van der Waals surface area contributed by atoms with Crippen LogP contribution in [0.15, 0.2) is 53.5 Å². The van der Waals surface area contributed by atoms with Crippen molar-refractivity contribution in [2.75, 3.05) is 47.9 Å². The van der Waals surface area contributed by atoms with Gasteiger partial charge in [0.2, 0.25) is 0 Å². The zero-order chi connectivity index (χ0) is 20.6. The topological polar surface area (TPSA) is 67.4 Å². The second-order valence-electron chi connectivity index (χ2n) is 7.05. The number of fused-ring (bicyclic) bond motifs is 1. The van der Waals surface area contributed by atoms with E-state index in [0.717, 1.165) is 22.8 Å². The summed E-state index contributed by atoms with van der Waals surface area (Å²) < 4.78 is 17.3. The van der Waals surface area contributed by atoms with Crippen LogP contribution in [0.25, 0.3) is 0 Å². The van der Waals surface area contributed by atoms with Gasteiger partial charge in [-0.2, -0.15) is 0 Å². The molecule has 2 aromatic rings. The molecule has 0 saturated heterocycles. The summed E-state index contributed by atoms with van der Waals surface area (Å²) in [5, 5.41) is 6.73. The van der Waals surface area contributed by atoms with Crippen LogP contribution in [0.1, 0.15) is 11.6 Å². The number of nitrogens with zero attached hydrogens (tertiary/aromatic N) is 2. The van der Waals surface area contributed by atoms with Crippen molar-refractivity contribution >= 4 is 29.9 Å². The number of benzene rings is 2. The Morgan fingerprint density at radius 2 is 1.83 bits per heavy atom. The minimum absolute atomic E-state index is 0. The number of halogens is 1. The van der Waals surface area contributed by atoms with E-state index in [1.54, 1.807) is 14.2 Å². The maximum absolute atomic E-state index is 6.00. The zero-order valence-corrected chi connectivity index (χ0v) is 20.3. The van der Waals surface area contributed by atoms with Crippen LogP contribution in [0.4, 0.5) is 0 Å². The van der Waals surface area contributed by atoms with Gasteiger partial charge in [-0.15, -0.1) is 24.0 Å². The quantitative estimate of drug-likeness (QED) is 0.329. The highest BCUT2D eigenvalue weighted by molar-refractivity contribution is 14.0. The average Bonchev–Trinajstić information content (AvgIpc) is 2.76. The molecule has 8 heteroatoms. The highest BCUT2D eigenvalue weighted by Crippen LogP contribution is 2.30. The van der Waals surface area contributed by atoms with Crippen LogP contribution >= 0.6 is 24.0 Å². The van der Waals surface area contributed by atoms with Crippen LogP contribution in [0, 0.1) is 0 Å². The lowest BCUT2D eigenvalue weighted by Crippen LogP contribution is -2.47. The summed E-state index contributed by atoms with van der Waals surface area (Å²) >= 11 is 0. The van der Waals surface area contributed by atoms with E-state index in [1.807, 2.05) is 42.5 Å². The number of rotatable bonds is 7. The van der Waals surface area contributed by atoms with E-state index in [9.17, 15) is 0 Å². The van der Waals surface area contributed by atoms with Gasteiger partial charge in [-0.05, 0) is 32.3 Å². The fourth-order valence-electron chi connectivity index (χ4n) is 3.30. The molecular formula is C22H31IN4O3. The summed E-state index contributed by atoms with van der Waals surface area (Å²) in [7, 11) is 7.57. The monoisotopic (exact) mass is 526 g/mol. The Hall–Kier alpha value is -2.20. The summed E-state index contributed by atoms with van der Waals surface area (Å²) in [5.74, 6) is 3.16. The van der Waals surface area contributed by atoms with Gasteiger partial charge in [0.25, 0.3) is 0 Å². The van der Waals surface area contributed by atoms with Crippen LogP contribution in [-0.2, 0) is 0 Å². The van der Waals surface area contributed by atoms with Crippen molar-refractivity contribution in [3.63, 3.8) is 0 Å². The number of para-hydroxylation sites is 3. The van der Waals surface area contributed by atoms with Gasteiger partial charge < -0.3 is 29.7 Å². The molecule has 0 saturated carbocycles. The molecule has 1 heterocycles. The van der Waals surface area contributed by atoms with Crippen molar-refractivity contribution < 1.29 is 14.2 Å². The molecule has 0 fully saturated rings. The minimum atomic E-state index is -0.0812. The van der Waals surface area contributed by atoms with Crippen LogP contribution in [0.5, 0.6) is 17.2 Å². The number of hydrogen-bond acceptors (Lipinski definition) is 5. The van der Waals surface area contributed by atoms with E-state index in [0.29, 0.717) is 25.7 Å². The minimum Gasteiger partial charge on any atom is -0.496 e. The van der Waals surface area contributed by atoms with Crippen molar-refractivity contribution in [3.05, 3.63) is 54.1 Å². The maximum atomic E-state index is 6.00. The van der Waals surface area contributed by atoms with Crippen LogP contribution in [0.3, 0.4) is 0 Å². The predicted molar refractivity (Wildman–Crippen MR) is 131 cm³/mol. The van der Waals surface area contributed by atoms with Gasteiger partial charge in [-0.3, -0.25) is 4.99 Å². The summed E-state index contributed by atoms with van der Waals surface area (Å²) in [6.07, 6.45) is -0.0812. The first-order valence-electron chi connectivity index (χ1n) is 9.74. The Balaban J connectivity index is 0.00000320. The highest BCUT2D eigenvalue weighted by Gasteiger charge is 2.22. The van der Waals surface area contributed by atoms with Crippen molar-refractivity contribution in [3.8, 4) is 17.2 Å². The van der Waals surface area contributed by atoms with Crippen molar-refractivity contribution in [2.45, 2.75) is 12.1 Å². The predicted octanol–water partition coefficient (Wildman–Crippen LogP) is 2.92. The Morgan fingerprint density at radius 3 is 2.53 bits per heavy atom. The lowest BCUT2D eigenvalue weighted by atomic mass is 10.0. The molecule has 1 aliphatic rings. The Bertz CT molecular complexity index is 832. The smallest absolute Gasteiger partial charge is 0.191 e. The molecule has 30 heavy (non-hydrogen) atoms. The molecule has 0 spiro atoms. The molecule has 2 N–H and O–H groups in total. The molecule has 0 radical (unpaired) electrons. The van der Waals surface area contributed by atoms with E-state index < -0.39 is 0 Å². The SMILES string of the molecule is CN=C(NCC1COc2ccccc2O1)NCC(c1ccccc1OC)N(C)C.I. The first-order chi connectivity index (χ1) is 14.1. The molecule has 0 aliphatic carbocycles. The molecule has 164 valence electrons. The number of guanidine groups is 1. The number of hydrogen-bond donors (Lipinski definition) is 2. The van der Waals surface area contributed by atoms with E-state index >= 15 is 0 Å². The first kappa shape index (κ1) is 24.1. The molecule has 3 rings (SSSR count). The van der Waals surface area contributed by atoms with Gasteiger partial charge in [0.1, 0.15) is 18.5 Å². The number of methoxy groups -OCH3 is 1. The van der Waals surface area contributed by atoms with E-state index in [2.05, 4.69) is 40.7 Å². The molecule has 2 aromatic carbocycles. The number of ether oxygens (including phenoxy) is 3. The molecule has 2 unspecified atom stereocenters. The normalized spacial score (nSPS) is 16.4. The van der Waals surface area contributed by atoms with Crippen LogP contribution < -0.4 is 24.8 Å². The fourth-order valence-corrected chi connectivity index (χ4v) is 3.30. The molecule has 7 nitrogen and oxygen atoms in total. The van der Waals surface area contributed by atoms with Gasteiger partial charge in [-0.25, -0.2) is 0 Å². The van der Waals surface area contributed by atoms with Gasteiger partial charge in [0.15, 0.2) is 17.5 Å². The van der Waals surface area contributed by atoms with E-state index in [-0.39, 0.29) is 36.1 Å². The summed E-state index contributed by atoms with van der Waals surface area (Å²) in [4.78, 5) is 6.49. The van der Waals surface area contributed by atoms with E-state index in [4.69, 9.17) is 14.2 Å². The molecular weight excluding hydrogens is 495 g/mol. The van der Waals surface area contributed by atoms with Crippen LogP contribution in [0.2, 0.25) is 0 Å². The average molecular weight is 526 g/mol. The Morgan fingerprint density at radius 1 is 1.13 bits per heavy atom. The Kier molecular flexibility index (Phi) is 9.51. The van der Waals surface area contributed by atoms with Crippen molar-refractivity contribution in [1.82, 2.24) is 15.5 Å². The standard InChI is InChI=1S/C22H30N4O3.HI/c1-23-22(24-13-16-15-28-20-11-7-8-12-21(20)29-16)25-14-18(26(2)3)17-9-5-6-10-19(17)27-4;/h5-12,16,18H,13-15H2,1-4H3,(H2,23,24,25);1H. The second-order valence-corrected chi connectivity index (χ2v) is 7.05. The van der Waals surface area contributed by atoms with Gasteiger partial charge in [0.05, 0.1) is 19.7 Å². The molecule has 0 bridgehead atoms. The van der Waals surface area contributed by atoms with Gasteiger partial charge in [-0.1, -0.05) is 30.3 Å². The van der Waals surface area contributed by atoms with Crippen LogP contribution in [-0.4, -0.2) is 64.9 Å². The summed E-state index contributed by atoms with van der Waals surface area (Å²) in [6, 6.07) is 15.9. The first-order valence-corrected chi connectivity index (χ1v) is 9.74. The molecule has 0 amide bonds. The number of nitrogens with one attached hydrogen (secondary N) is 2. The van der Waals surface area contributed by atoms with Crippen molar-refractivity contribution in [2.24, 2.45) is 4.99 Å². The Labute approximate surface area is 195 Å².